The molecule has 0 radical (unpaired) electrons. The number of benzene rings is 1. The highest BCUT2D eigenvalue weighted by Gasteiger charge is 2.32. The number of carbonyl (C=O) groups excluding carboxylic acids is 1. The van der Waals surface area contributed by atoms with Crippen LogP contribution in [0.5, 0.6) is 0 Å². The summed E-state index contributed by atoms with van der Waals surface area (Å²) in [5.41, 5.74) is 7.80. The lowest BCUT2D eigenvalue weighted by molar-refractivity contribution is 0.0929. The topological polar surface area (TPSA) is 55.1 Å². The fraction of sp³-hybridized carbons (Fsp3) is 0.588. The largest absolute Gasteiger partial charge is 0.351 e. The van der Waals surface area contributed by atoms with Crippen molar-refractivity contribution in [3.8, 4) is 0 Å². The van der Waals surface area contributed by atoms with Crippen LogP contribution in [0.3, 0.4) is 0 Å². The first kappa shape index (κ1) is 15.0. The number of nitrogens with two attached hydrogens (primary N) is 1. The number of hydrogen-bond acceptors (Lipinski definition) is 2. The Bertz CT molecular complexity index is 433. The molecule has 20 heavy (non-hydrogen) atoms. The van der Waals surface area contributed by atoms with Gasteiger partial charge in [-0.05, 0) is 55.3 Å². The standard InChI is InChI=1S/C17H26N2O/c1-2-17(10-3-4-11-17)13-19-16(20)15-7-5-14(6-8-15)9-12-18/h5-8H,2-4,9-13,18H2,1H3,(H,19,20). The first-order valence-electron chi connectivity index (χ1n) is 7.76. The van der Waals surface area contributed by atoms with E-state index in [-0.39, 0.29) is 5.91 Å². The van der Waals surface area contributed by atoms with E-state index in [9.17, 15) is 4.79 Å². The summed E-state index contributed by atoms with van der Waals surface area (Å²) in [7, 11) is 0. The third kappa shape index (κ3) is 3.60. The predicted octanol–water partition coefficient (Wildman–Crippen LogP) is 2.89. The molecule has 0 spiro atoms. The van der Waals surface area contributed by atoms with Gasteiger partial charge in [-0.25, -0.2) is 0 Å². The van der Waals surface area contributed by atoms with Crippen molar-refractivity contribution in [1.29, 1.82) is 0 Å². The highest BCUT2D eigenvalue weighted by molar-refractivity contribution is 5.94. The van der Waals surface area contributed by atoms with Gasteiger partial charge in [-0.15, -0.1) is 0 Å². The van der Waals surface area contributed by atoms with Gasteiger partial charge in [0.2, 0.25) is 0 Å². The monoisotopic (exact) mass is 274 g/mol. The second kappa shape index (κ2) is 6.89. The van der Waals surface area contributed by atoms with E-state index in [0.29, 0.717) is 12.0 Å². The quantitative estimate of drug-likeness (QED) is 0.838. The van der Waals surface area contributed by atoms with E-state index in [1.54, 1.807) is 0 Å². The normalized spacial score (nSPS) is 17.1. The van der Waals surface area contributed by atoms with E-state index in [4.69, 9.17) is 5.73 Å². The molecule has 0 unspecified atom stereocenters. The van der Waals surface area contributed by atoms with Gasteiger partial charge in [-0.1, -0.05) is 31.9 Å². The number of amides is 1. The van der Waals surface area contributed by atoms with E-state index in [0.717, 1.165) is 24.9 Å². The van der Waals surface area contributed by atoms with Gasteiger partial charge < -0.3 is 11.1 Å². The van der Waals surface area contributed by atoms with E-state index in [1.807, 2.05) is 24.3 Å². The fourth-order valence-corrected chi connectivity index (χ4v) is 3.14. The number of carbonyl (C=O) groups is 1. The summed E-state index contributed by atoms with van der Waals surface area (Å²) in [4.78, 5) is 12.2. The van der Waals surface area contributed by atoms with Crippen LogP contribution >= 0.6 is 0 Å². The Morgan fingerprint density at radius 3 is 2.45 bits per heavy atom. The average Bonchev–Trinajstić information content (AvgIpc) is 2.95. The molecule has 1 aliphatic rings. The smallest absolute Gasteiger partial charge is 0.251 e. The van der Waals surface area contributed by atoms with Crippen LogP contribution in [0.15, 0.2) is 24.3 Å². The Morgan fingerprint density at radius 2 is 1.90 bits per heavy atom. The molecule has 0 bridgehead atoms. The molecule has 0 heterocycles. The van der Waals surface area contributed by atoms with Gasteiger partial charge in [-0.2, -0.15) is 0 Å². The van der Waals surface area contributed by atoms with Crippen LogP contribution in [0, 0.1) is 5.41 Å². The summed E-state index contributed by atoms with van der Waals surface area (Å²) in [5.74, 6) is 0.0454. The molecule has 0 aliphatic heterocycles. The zero-order valence-corrected chi connectivity index (χ0v) is 12.5. The lowest BCUT2D eigenvalue weighted by atomic mass is 9.83. The second-order valence-corrected chi connectivity index (χ2v) is 5.98. The molecule has 1 amide bonds. The minimum Gasteiger partial charge on any atom is -0.351 e. The zero-order chi connectivity index (χ0) is 14.4. The van der Waals surface area contributed by atoms with E-state index >= 15 is 0 Å². The lowest BCUT2D eigenvalue weighted by Crippen LogP contribution is -2.35. The summed E-state index contributed by atoms with van der Waals surface area (Å²) >= 11 is 0. The summed E-state index contributed by atoms with van der Waals surface area (Å²) in [6, 6.07) is 7.78. The summed E-state index contributed by atoms with van der Waals surface area (Å²) < 4.78 is 0. The highest BCUT2D eigenvalue weighted by Crippen LogP contribution is 2.40. The van der Waals surface area contributed by atoms with E-state index in [1.165, 1.54) is 31.2 Å². The molecule has 3 heteroatoms. The molecule has 1 aromatic carbocycles. The highest BCUT2D eigenvalue weighted by atomic mass is 16.1. The van der Waals surface area contributed by atoms with Crippen LogP contribution in [0.25, 0.3) is 0 Å². The Kier molecular flexibility index (Phi) is 5.18. The minimum absolute atomic E-state index is 0.0454. The van der Waals surface area contributed by atoms with Crippen molar-refractivity contribution in [1.82, 2.24) is 5.32 Å². The first-order valence-corrected chi connectivity index (χ1v) is 7.76. The number of nitrogens with one attached hydrogen (secondary N) is 1. The van der Waals surface area contributed by atoms with Crippen molar-refractivity contribution in [3.63, 3.8) is 0 Å². The van der Waals surface area contributed by atoms with E-state index < -0.39 is 0 Å². The Hall–Kier alpha value is -1.35. The third-order valence-corrected chi connectivity index (χ3v) is 4.69. The maximum Gasteiger partial charge on any atom is 0.251 e. The maximum atomic E-state index is 12.2. The molecule has 2 rings (SSSR count). The molecule has 110 valence electrons. The third-order valence-electron chi connectivity index (χ3n) is 4.69. The van der Waals surface area contributed by atoms with Gasteiger partial charge in [0, 0.05) is 12.1 Å². The van der Waals surface area contributed by atoms with Crippen LogP contribution in [0.1, 0.15) is 54.9 Å². The molecule has 1 aromatic rings. The second-order valence-electron chi connectivity index (χ2n) is 5.98. The molecule has 3 nitrogen and oxygen atoms in total. The SMILES string of the molecule is CCC1(CNC(=O)c2ccc(CCN)cc2)CCCC1. The molecule has 0 saturated heterocycles. The Labute approximate surface area is 121 Å². The lowest BCUT2D eigenvalue weighted by Gasteiger charge is -2.27. The molecular formula is C17H26N2O. The van der Waals surface area contributed by atoms with Crippen molar-refractivity contribution in [2.45, 2.75) is 45.4 Å². The van der Waals surface area contributed by atoms with Gasteiger partial charge >= 0.3 is 0 Å². The van der Waals surface area contributed by atoms with Gasteiger partial charge in [0.1, 0.15) is 0 Å². The van der Waals surface area contributed by atoms with Crippen LogP contribution in [-0.2, 0) is 6.42 Å². The number of rotatable bonds is 6. The molecule has 0 aromatic heterocycles. The van der Waals surface area contributed by atoms with Crippen molar-refractivity contribution >= 4 is 5.91 Å². The summed E-state index contributed by atoms with van der Waals surface area (Å²) in [6.45, 7) is 3.69. The van der Waals surface area contributed by atoms with Crippen molar-refractivity contribution in [2.75, 3.05) is 13.1 Å². The van der Waals surface area contributed by atoms with Crippen LogP contribution < -0.4 is 11.1 Å². The first-order chi connectivity index (χ1) is 9.69. The molecule has 0 atom stereocenters. The van der Waals surface area contributed by atoms with Gasteiger partial charge in [-0.3, -0.25) is 4.79 Å². The molecule has 1 aliphatic carbocycles. The molecule has 1 saturated carbocycles. The van der Waals surface area contributed by atoms with Crippen LogP contribution in [0.2, 0.25) is 0 Å². The van der Waals surface area contributed by atoms with Crippen LogP contribution in [-0.4, -0.2) is 19.0 Å². The van der Waals surface area contributed by atoms with Crippen molar-refractivity contribution in [3.05, 3.63) is 35.4 Å². The summed E-state index contributed by atoms with van der Waals surface area (Å²) in [5, 5.41) is 3.12. The molecule has 1 fully saturated rings. The molecular weight excluding hydrogens is 248 g/mol. The predicted molar refractivity (Wildman–Crippen MR) is 82.7 cm³/mol. The van der Waals surface area contributed by atoms with Crippen LogP contribution in [0.4, 0.5) is 0 Å². The van der Waals surface area contributed by atoms with Crippen molar-refractivity contribution in [2.24, 2.45) is 11.1 Å². The van der Waals surface area contributed by atoms with Gasteiger partial charge in [0.15, 0.2) is 0 Å². The Balaban J connectivity index is 1.91. The minimum atomic E-state index is 0.0454. The number of hydrogen-bond donors (Lipinski definition) is 2. The average molecular weight is 274 g/mol. The van der Waals surface area contributed by atoms with Crippen molar-refractivity contribution < 1.29 is 4.79 Å². The maximum absolute atomic E-state index is 12.2. The Morgan fingerprint density at radius 1 is 1.25 bits per heavy atom. The summed E-state index contributed by atoms with van der Waals surface area (Å²) in [6.07, 6.45) is 7.12. The van der Waals surface area contributed by atoms with Gasteiger partial charge in [0.05, 0.1) is 0 Å². The zero-order valence-electron chi connectivity index (χ0n) is 12.5. The fourth-order valence-electron chi connectivity index (χ4n) is 3.14. The van der Waals surface area contributed by atoms with E-state index in [2.05, 4.69) is 12.2 Å². The van der Waals surface area contributed by atoms with Gasteiger partial charge in [0.25, 0.3) is 5.91 Å². The molecule has 3 N–H and O–H groups in total.